The molecule has 1 unspecified atom stereocenters. The smallest absolute Gasteiger partial charge is 0.0343 e. The summed E-state index contributed by atoms with van der Waals surface area (Å²) in [5, 5.41) is 3.68. The number of nitrogens with zero attached hydrogens (tertiary/aromatic N) is 1. The molecule has 1 aliphatic heterocycles. The highest BCUT2D eigenvalue weighted by Gasteiger charge is 2.16. The van der Waals surface area contributed by atoms with Crippen molar-refractivity contribution in [3.8, 4) is 0 Å². The first kappa shape index (κ1) is 14.1. The van der Waals surface area contributed by atoms with Gasteiger partial charge in [0.25, 0.3) is 0 Å². The summed E-state index contributed by atoms with van der Waals surface area (Å²) in [6, 6.07) is 9.37. The van der Waals surface area contributed by atoms with Crippen molar-refractivity contribution in [2.24, 2.45) is 0 Å². The zero-order valence-electron chi connectivity index (χ0n) is 11.2. The van der Waals surface area contributed by atoms with Gasteiger partial charge in [0.15, 0.2) is 0 Å². The second kappa shape index (κ2) is 7.34. The highest BCUT2D eigenvalue weighted by atomic mass is 127. The van der Waals surface area contributed by atoms with Crippen molar-refractivity contribution < 1.29 is 0 Å². The molecule has 1 heterocycles. The third-order valence-corrected chi connectivity index (χ3v) is 4.29. The van der Waals surface area contributed by atoms with E-state index in [4.69, 9.17) is 0 Å². The Labute approximate surface area is 124 Å². The van der Waals surface area contributed by atoms with E-state index in [1.165, 1.54) is 54.6 Å². The first-order valence-corrected chi connectivity index (χ1v) is 8.10. The maximum Gasteiger partial charge on any atom is 0.0343 e. The Kier molecular flexibility index (Phi) is 5.76. The van der Waals surface area contributed by atoms with Gasteiger partial charge in [-0.25, -0.2) is 0 Å². The van der Waals surface area contributed by atoms with Gasteiger partial charge in [-0.3, -0.25) is 0 Å². The van der Waals surface area contributed by atoms with Crippen LogP contribution < -0.4 is 5.32 Å². The van der Waals surface area contributed by atoms with Crippen LogP contribution in [0.1, 0.15) is 32.6 Å². The number of hydrogen-bond donors (Lipinski definition) is 1. The van der Waals surface area contributed by atoms with E-state index in [2.05, 4.69) is 64.0 Å². The van der Waals surface area contributed by atoms with Crippen LogP contribution in [0.3, 0.4) is 0 Å². The van der Waals surface area contributed by atoms with E-state index in [0.29, 0.717) is 6.04 Å². The third kappa shape index (κ3) is 4.43. The zero-order valence-corrected chi connectivity index (χ0v) is 13.3. The van der Waals surface area contributed by atoms with Crippen LogP contribution >= 0.6 is 22.6 Å². The Bertz CT molecular complexity index is 350. The lowest BCUT2D eigenvalue weighted by Crippen LogP contribution is -2.27. The molecule has 3 heteroatoms. The predicted molar refractivity (Wildman–Crippen MR) is 87.2 cm³/mol. The van der Waals surface area contributed by atoms with Crippen LogP contribution in [-0.4, -0.2) is 30.6 Å². The lowest BCUT2D eigenvalue weighted by molar-refractivity contribution is 0.285. The van der Waals surface area contributed by atoms with Crippen LogP contribution in [0.4, 0.5) is 5.69 Å². The van der Waals surface area contributed by atoms with Gasteiger partial charge in [-0.15, -0.1) is 0 Å². The van der Waals surface area contributed by atoms with Crippen molar-refractivity contribution in [1.82, 2.24) is 4.90 Å². The Balaban J connectivity index is 1.84. The average Bonchev–Trinajstić information content (AvgIpc) is 2.59. The summed E-state index contributed by atoms with van der Waals surface area (Å²) in [6.07, 6.45) is 5.16. The molecule has 1 aliphatic rings. The van der Waals surface area contributed by atoms with Gasteiger partial charge in [0, 0.05) is 21.8 Å². The molecule has 1 atom stereocenters. The number of halogens is 1. The van der Waals surface area contributed by atoms with E-state index in [0.717, 1.165) is 0 Å². The van der Waals surface area contributed by atoms with E-state index in [-0.39, 0.29) is 0 Å². The fourth-order valence-corrected chi connectivity index (χ4v) is 2.98. The van der Waals surface area contributed by atoms with Crippen LogP contribution in [0.2, 0.25) is 0 Å². The first-order valence-electron chi connectivity index (χ1n) is 7.02. The Hall–Kier alpha value is -0.290. The molecular formula is C15H23IN2. The summed E-state index contributed by atoms with van der Waals surface area (Å²) in [5.41, 5.74) is 1.27. The van der Waals surface area contributed by atoms with Gasteiger partial charge in [0.1, 0.15) is 0 Å². The highest BCUT2D eigenvalue weighted by molar-refractivity contribution is 14.1. The molecule has 100 valence electrons. The Morgan fingerprint density at radius 1 is 1.22 bits per heavy atom. The second-order valence-corrected chi connectivity index (χ2v) is 6.37. The molecule has 0 bridgehead atoms. The van der Waals surface area contributed by atoms with Crippen molar-refractivity contribution in [3.63, 3.8) is 0 Å². The summed E-state index contributed by atoms with van der Waals surface area (Å²) in [6.45, 7) is 6.05. The fraction of sp³-hybridized carbons (Fsp3) is 0.600. The second-order valence-electron chi connectivity index (χ2n) is 5.12. The topological polar surface area (TPSA) is 15.3 Å². The number of nitrogens with one attached hydrogen (secondary N) is 1. The van der Waals surface area contributed by atoms with Crippen molar-refractivity contribution in [3.05, 3.63) is 27.8 Å². The molecule has 2 rings (SSSR count). The molecular weight excluding hydrogens is 335 g/mol. The van der Waals surface area contributed by atoms with Crippen molar-refractivity contribution in [1.29, 1.82) is 0 Å². The molecule has 0 aliphatic carbocycles. The minimum atomic E-state index is 0.645. The summed E-state index contributed by atoms with van der Waals surface area (Å²) in [4.78, 5) is 2.61. The molecule has 0 radical (unpaired) electrons. The Morgan fingerprint density at radius 3 is 2.72 bits per heavy atom. The normalized spacial score (nSPS) is 21.6. The van der Waals surface area contributed by atoms with Gasteiger partial charge in [-0.1, -0.05) is 6.92 Å². The van der Waals surface area contributed by atoms with E-state index >= 15 is 0 Å². The first-order chi connectivity index (χ1) is 8.78. The molecule has 1 fully saturated rings. The number of benzene rings is 1. The van der Waals surface area contributed by atoms with E-state index in [9.17, 15) is 0 Å². The van der Waals surface area contributed by atoms with E-state index < -0.39 is 0 Å². The minimum Gasteiger partial charge on any atom is -0.382 e. The van der Waals surface area contributed by atoms with Gasteiger partial charge in [-0.05, 0) is 85.6 Å². The van der Waals surface area contributed by atoms with Crippen molar-refractivity contribution in [2.75, 3.05) is 25.0 Å². The summed E-state index contributed by atoms with van der Waals surface area (Å²) < 4.78 is 1.30. The minimum absolute atomic E-state index is 0.645. The van der Waals surface area contributed by atoms with Crippen molar-refractivity contribution in [2.45, 2.75) is 38.6 Å². The maximum atomic E-state index is 3.68. The largest absolute Gasteiger partial charge is 0.382 e. The molecule has 2 nitrogen and oxygen atoms in total. The number of hydrogen-bond acceptors (Lipinski definition) is 2. The monoisotopic (exact) mass is 358 g/mol. The van der Waals surface area contributed by atoms with Crippen LogP contribution in [0.25, 0.3) is 0 Å². The maximum absolute atomic E-state index is 3.68. The van der Waals surface area contributed by atoms with Crippen LogP contribution in [0.5, 0.6) is 0 Å². The highest BCUT2D eigenvalue weighted by Crippen LogP contribution is 2.18. The predicted octanol–water partition coefficient (Wildman–Crippen LogP) is 3.97. The lowest BCUT2D eigenvalue weighted by atomic mass is 10.1. The summed E-state index contributed by atoms with van der Waals surface area (Å²) in [5.74, 6) is 0. The van der Waals surface area contributed by atoms with Crippen LogP contribution in [0.15, 0.2) is 24.3 Å². The zero-order chi connectivity index (χ0) is 12.8. The third-order valence-electron chi connectivity index (χ3n) is 3.58. The number of rotatable bonds is 4. The molecule has 18 heavy (non-hydrogen) atoms. The van der Waals surface area contributed by atoms with Crippen LogP contribution in [-0.2, 0) is 0 Å². The lowest BCUT2D eigenvalue weighted by Gasteiger charge is -2.20. The SMILES string of the molecule is CCCN1CCCC(Nc2ccc(I)cc2)CC1. The van der Waals surface area contributed by atoms with Gasteiger partial charge < -0.3 is 10.2 Å². The van der Waals surface area contributed by atoms with E-state index in [1.54, 1.807) is 0 Å². The molecule has 0 amide bonds. The van der Waals surface area contributed by atoms with Gasteiger partial charge in [0.2, 0.25) is 0 Å². The van der Waals surface area contributed by atoms with Gasteiger partial charge >= 0.3 is 0 Å². The standard InChI is InChI=1S/C15H23IN2/c1-2-10-18-11-3-4-14(9-12-18)17-15-7-5-13(16)6-8-15/h5-8,14,17H,2-4,9-12H2,1H3. The average molecular weight is 358 g/mol. The molecule has 1 aromatic carbocycles. The quantitative estimate of drug-likeness (QED) is 0.820. The molecule has 1 saturated heterocycles. The molecule has 1 aromatic rings. The van der Waals surface area contributed by atoms with Gasteiger partial charge in [-0.2, -0.15) is 0 Å². The molecule has 1 N–H and O–H groups in total. The van der Waals surface area contributed by atoms with Gasteiger partial charge in [0.05, 0.1) is 0 Å². The molecule has 0 saturated carbocycles. The van der Waals surface area contributed by atoms with Crippen LogP contribution in [0, 0.1) is 3.57 Å². The molecule has 0 aromatic heterocycles. The number of likely N-dealkylation sites (tertiary alicyclic amines) is 1. The fourth-order valence-electron chi connectivity index (χ4n) is 2.62. The summed E-state index contributed by atoms with van der Waals surface area (Å²) in [7, 11) is 0. The number of anilines is 1. The summed E-state index contributed by atoms with van der Waals surface area (Å²) >= 11 is 2.35. The van der Waals surface area contributed by atoms with E-state index in [1.807, 2.05) is 0 Å². The van der Waals surface area contributed by atoms with Crippen molar-refractivity contribution >= 4 is 28.3 Å². The molecule has 0 spiro atoms. The Morgan fingerprint density at radius 2 is 2.00 bits per heavy atom.